The Bertz CT molecular complexity index is 897. The van der Waals surface area contributed by atoms with Gasteiger partial charge in [0, 0.05) is 11.1 Å². The molecule has 1 aliphatic heterocycles. The molecular formula is C21H21NO4. The van der Waals surface area contributed by atoms with Crippen LogP contribution in [-0.2, 0) is 9.53 Å². The number of rotatable bonds is 5. The van der Waals surface area contributed by atoms with Crippen molar-refractivity contribution in [3.8, 4) is 11.5 Å². The Morgan fingerprint density at radius 2 is 1.88 bits per heavy atom. The van der Waals surface area contributed by atoms with Gasteiger partial charge < -0.3 is 14.2 Å². The summed E-state index contributed by atoms with van der Waals surface area (Å²) < 4.78 is 15.9. The number of benzene rings is 2. The molecule has 0 N–H and O–H groups in total. The molecule has 0 spiro atoms. The highest BCUT2D eigenvalue weighted by Gasteiger charge is 2.25. The van der Waals surface area contributed by atoms with Crippen LogP contribution in [-0.4, -0.2) is 26.1 Å². The second kappa shape index (κ2) is 7.44. The average Bonchev–Trinajstić information content (AvgIpc) is 3.02. The molecule has 1 aliphatic rings. The zero-order chi connectivity index (χ0) is 18.7. The molecule has 0 bridgehead atoms. The van der Waals surface area contributed by atoms with E-state index in [2.05, 4.69) is 18.8 Å². The molecule has 0 aromatic heterocycles. The van der Waals surface area contributed by atoms with E-state index in [1.54, 1.807) is 26.4 Å². The second-order valence-electron chi connectivity index (χ2n) is 6.22. The van der Waals surface area contributed by atoms with Crippen LogP contribution in [0.1, 0.15) is 36.5 Å². The standard InChI is InChI=1S/C21H21NO4/c1-13(2)14-8-9-19(25-4)16(10-14)12-18-21(23)26-20(22-18)15-6-5-7-17(11-15)24-3/h5-13H,1-4H3/b18-12-. The molecule has 0 saturated heterocycles. The first-order chi connectivity index (χ1) is 12.5. The minimum atomic E-state index is -0.486. The fraction of sp³-hybridized carbons (Fsp3) is 0.238. The number of aliphatic imine (C=N–C) groups is 1. The second-order valence-corrected chi connectivity index (χ2v) is 6.22. The van der Waals surface area contributed by atoms with Gasteiger partial charge in [0.1, 0.15) is 11.5 Å². The summed E-state index contributed by atoms with van der Waals surface area (Å²) in [5.41, 5.74) is 2.87. The smallest absolute Gasteiger partial charge is 0.363 e. The summed E-state index contributed by atoms with van der Waals surface area (Å²) in [4.78, 5) is 16.6. The highest BCUT2D eigenvalue weighted by Crippen LogP contribution is 2.28. The van der Waals surface area contributed by atoms with Gasteiger partial charge in [0.2, 0.25) is 5.90 Å². The fourth-order valence-corrected chi connectivity index (χ4v) is 2.66. The molecule has 5 nitrogen and oxygen atoms in total. The molecule has 2 aromatic rings. The maximum absolute atomic E-state index is 12.3. The van der Waals surface area contributed by atoms with Crippen LogP contribution >= 0.6 is 0 Å². The molecule has 3 rings (SSSR count). The van der Waals surface area contributed by atoms with E-state index in [-0.39, 0.29) is 11.6 Å². The SMILES string of the molecule is COc1cccc(C2=N/C(=C\c3cc(C(C)C)ccc3OC)C(=O)O2)c1. The number of hydrogen-bond acceptors (Lipinski definition) is 5. The van der Waals surface area contributed by atoms with Gasteiger partial charge >= 0.3 is 5.97 Å². The molecule has 5 heteroatoms. The Kier molecular flexibility index (Phi) is 5.07. The van der Waals surface area contributed by atoms with Gasteiger partial charge in [-0.25, -0.2) is 9.79 Å². The third kappa shape index (κ3) is 3.61. The number of carbonyl (C=O) groups excluding carboxylic acids is 1. The van der Waals surface area contributed by atoms with Crippen molar-refractivity contribution in [2.45, 2.75) is 19.8 Å². The molecule has 0 aliphatic carbocycles. The molecule has 0 atom stereocenters. The van der Waals surface area contributed by atoms with Gasteiger partial charge in [0.15, 0.2) is 5.70 Å². The van der Waals surface area contributed by atoms with Crippen LogP contribution in [0, 0.1) is 0 Å². The largest absolute Gasteiger partial charge is 0.497 e. The summed E-state index contributed by atoms with van der Waals surface area (Å²) in [5.74, 6) is 1.49. The van der Waals surface area contributed by atoms with Gasteiger partial charge in [0.25, 0.3) is 0 Å². The average molecular weight is 351 g/mol. The van der Waals surface area contributed by atoms with E-state index in [1.807, 2.05) is 36.4 Å². The highest BCUT2D eigenvalue weighted by atomic mass is 16.6. The van der Waals surface area contributed by atoms with Crippen molar-refractivity contribution in [1.29, 1.82) is 0 Å². The molecule has 1 heterocycles. The number of methoxy groups -OCH3 is 2. The van der Waals surface area contributed by atoms with Gasteiger partial charge in [-0.1, -0.05) is 26.0 Å². The lowest BCUT2D eigenvalue weighted by molar-refractivity contribution is -0.129. The first-order valence-electron chi connectivity index (χ1n) is 8.36. The number of cyclic esters (lactones) is 1. The third-order valence-corrected chi connectivity index (χ3v) is 4.15. The van der Waals surface area contributed by atoms with Gasteiger partial charge in [0.05, 0.1) is 14.2 Å². The van der Waals surface area contributed by atoms with Gasteiger partial charge in [-0.2, -0.15) is 0 Å². The lowest BCUT2D eigenvalue weighted by atomic mass is 10.00. The topological polar surface area (TPSA) is 57.1 Å². The van der Waals surface area contributed by atoms with Crippen LogP contribution in [0.4, 0.5) is 0 Å². The van der Waals surface area contributed by atoms with E-state index in [0.29, 0.717) is 23.0 Å². The summed E-state index contributed by atoms with van der Waals surface area (Å²) in [6, 6.07) is 13.1. The van der Waals surface area contributed by atoms with Crippen LogP contribution in [0.25, 0.3) is 6.08 Å². The van der Waals surface area contributed by atoms with E-state index >= 15 is 0 Å². The Balaban J connectivity index is 1.99. The predicted molar refractivity (Wildman–Crippen MR) is 101 cm³/mol. The molecule has 0 amide bonds. The minimum Gasteiger partial charge on any atom is -0.497 e. The van der Waals surface area contributed by atoms with E-state index < -0.39 is 5.97 Å². The van der Waals surface area contributed by atoms with Gasteiger partial charge in [-0.15, -0.1) is 0 Å². The number of nitrogens with zero attached hydrogens (tertiary/aromatic N) is 1. The predicted octanol–water partition coefficient (Wildman–Crippen LogP) is 4.17. The minimum absolute atomic E-state index is 0.238. The molecule has 0 radical (unpaired) electrons. The molecule has 2 aromatic carbocycles. The fourth-order valence-electron chi connectivity index (χ4n) is 2.66. The van der Waals surface area contributed by atoms with Crippen molar-refractivity contribution in [3.05, 3.63) is 64.9 Å². The lowest BCUT2D eigenvalue weighted by Gasteiger charge is -2.10. The first-order valence-corrected chi connectivity index (χ1v) is 8.36. The highest BCUT2D eigenvalue weighted by molar-refractivity contribution is 6.13. The number of hydrogen-bond donors (Lipinski definition) is 0. The number of ether oxygens (including phenoxy) is 3. The van der Waals surface area contributed by atoms with Crippen LogP contribution in [0.15, 0.2) is 53.2 Å². The van der Waals surface area contributed by atoms with Crippen LogP contribution in [0.5, 0.6) is 11.5 Å². The lowest BCUT2D eigenvalue weighted by Crippen LogP contribution is -2.05. The van der Waals surface area contributed by atoms with E-state index in [0.717, 1.165) is 11.1 Å². The summed E-state index contributed by atoms with van der Waals surface area (Å²) in [7, 11) is 3.19. The van der Waals surface area contributed by atoms with Gasteiger partial charge in [-0.05, 0) is 47.9 Å². The van der Waals surface area contributed by atoms with Crippen molar-refractivity contribution in [2.75, 3.05) is 14.2 Å². The molecule has 0 unspecified atom stereocenters. The quantitative estimate of drug-likeness (QED) is 0.599. The normalized spacial score (nSPS) is 15.2. The van der Waals surface area contributed by atoms with Crippen molar-refractivity contribution in [3.63, 3.8) is 0 Å². The monoisotopic (exact) mass is 351 g/mol. The maximum atomic E-state index is 12.3. The van der Waals surface area contributed by atoms with Crippen LogP contribution in [0.2, 0.25) is 0 Å². The molecule has 134 valence electrons. The first kappa shape index (κ1) is 17.7. The third-order valence-electron chi connectivity index (χ3n) is 4.15. The zero-order valence-electron chi connectivity index (χ0n) is 15.3. The summed E-state index contributed by atoms with van der Waals surface area (Å²) >= 11 is 0. The van der Waals surface area contributed by atoms with E-state index in [1.165, 1.54) is 0 Å². The number of esters is 1. The maximum Gasteiger partial charge on any atom is 0.363 e. The molecular weight excluding hydrogens is 330 g/mol. The van der Waals surface area contributed by atoms with Crippen molar-refractivity contribution in [1.82, 2.24) is 0 Å². The van der Waals surface area contributed by atoms with E-state index in [9.17, 15) is 4.79 Å². The molecule has 26 heavy (non-hydrogen) atoms. The Morgan fingerprint density at radius 1 is 1.08 bits per heavy atom. The Morgan fingerprint density at radius 3 is 2.58 bits per heavy atom. The summed E-state index contributed by atoms with van der Waals surface area (Å²) in [6.07, 6.45) is 1.69. The Hall–Kier alpha value is -3.08. The van der Waals surface area contributed by atoms with Crippen molar-refractivity contribution in [2.24, 2.45) is 4.99 Å². The van der Waals surface area contributed by atoms with E-state index in [4.69, 9.17) is 14.2 Å². The summed E-state index contributed by atoms with van der Waals surface area (Å²) in [5, 5.41) is 0. The van der Waals surface area contributed by atoms with Gasteiger partial charge in [-0.3, -0.25) is 0 Å². The van der Waals surface area contributed by atoms with Crippen LogP contribution < -0.4 is 9.47 Å². The summed E-state index contributed by atoms with van der Waals surface area (Å²) in [6.45, 7) is 4.23. The molecule has 0 saturated carbocycles. The van der Waals surface area contributed by atoms with Crippen molar-refractivity contribution < 1.29 is 19.0 Å². The number of carbonyl (C=O) groups is 1. The molecule has 0 fully saturated rings. The zero-order valence-corrected chi connectivity index (χ0v) is 15.3. The van der Waals surface area contributed by atoms with Crippen molar-refractivity contribution >= 4 is 17.9 Å². The Labute approximate surface area is 152 Å². The van der Waals surface area contributed by atoms with Crippen LogP contribution in [0.3, 0.4) is 0 Å².